The number of likely N-dealkylation sites (tertiary alicyclic amines) is 1. The fraction of sp³-hybridized carbons (Fsp3) is 0.500. The second kappa shape index (κ2) is 7.49. The maximum absolute atomic E-state index is 13.1. The van der Waals surface area contributed by atoms with Crippen molar-refractivity contribution >= 4 is 23.6 Å². The van der Waals surface area contributed by atoms with E-state index in [4.69, 9.17) is 4.74 Å². The quantitative estimate of drug-likeness (QED) is 0.312. The number of hydrogen-bond donors (Lipinski definition) is 0. The van der Waals surface area contributed by atoms with E-state index in [-0.39, 0.29) is 47.2 Å². The normalized spacial score (nSPS) is 27.7. The number of imide groups is 1. The van der Waals surface area contributed by atoms with Gasteiger partial charge in [0.1, 0.15) is 6.04 Å². The lowest BCUT2D eigenvalue weighted by atomic mass is 9.85. The summed E-state index contributed by atoms with van der Waals surface area (Å²) in [6.45, 7) is 7.01. The van der Waals surface area contributed by atoms with Gasteiger partial charge in [0.15, 0.2) is 12.4 Å². The van der Waals surface area contributed by atoms with E-state index in [1.165, 1.54) is 0 Å². The fourth-order valence-corrected chi connectivity index (χ4v) is 5.10. The van der Waals surface area contributed by atoms with Crippen LogP contribution >= 0.6 is 0 Å². The maximum Gasteiger partial charge on any atom is 0.330 e. The van der Waals surface area contributed by atoms with Crippen molar-refractivity contribution in [2.45, 2.75) is 40.2 Å². The molecule has 1 heterocycles. The van der Waals surface area contributed by atoms with Gasteiger partial charge in [-0.15, -0.1) is 0 Å². The Morgan fingerprint density at radius 3 is 2.17 bits per heavy atom. The molecule has 5 atom stereocenters. The number of amides is 2. The minimum atomic E-state index is -1.01. The molecule has 1 aliphatic heterocycles. The van der Waals surface area contributed by atoms with E-state index in [1.807, 2.05) is 32.1 Å². The van der Waals surface area contributed by atoms with Crippen molar-refractivity contribution in [3.63, 3.8) is 0 Å². The van der Waals surface area contributed by atoms with E-state index in [0.29, 0.717) is 5.56 Å². The monoisotopic (exact) mass is 409 g/mol. The van der Waals surface area contributed by atoms with Crippen molar-refractivity contribution in [1.29, 1.82) is 0 Å². The Hall–Kier alpha value is -2.76. The average molecular weight is 409 g/mol. The van der Waals surface area contributed by atoms with Crippen molar-refractivity contribution in [1.82, 2.24) is 4.90 Å². The average Bonchev–Trinajstić information content (AvgIpc) is 3.38. The molecule has 0 unspecified atom stereocenters. The van der Waals surface area contributed by atoms with Crippen molar-refractivity contribution in [3.05, 3.63) is 47.0 Å². The van der Waals surface area contributed by atoms with Gasteiger partial charge >= 0.3 is 5.97 Å². The number of nitrogens with zero attached hydrogens (tertiary/aromatic N) is 1. The number of Topliss-reactive ketones (excluding diaryl/α,β-unsaturated/α-hetero) is 1. The van der Waals surface area contributed by atoms with Crippen LogP contribution in [0.5, 0.6) is 0 Å². The van der Waals surface area contributed by atoms with Crippen molar-refractivity contribution in [3.8, 4) is 0 Å². The minimum Gasteiger partial charge on any atom is -0.456 e. The summed E-state index contributed by atoms with van der Waals surface area (Å²) < 4.78 is 5.30. The lowest BCUT2D eigenvalue weighted by molar-refractivity contribution is -0.160. The molecule has 1 saturated heterocycles. The highest BCUT2D eigenvalue weighted by molar-refractivity contribution is 6.09. The number of ketones is 1. The summed E-state index contributed by atoms with van der Waals surface area (Å²) in [7, 11) is 0. The van der Waals surface area contributed by atoms with Crippen LogP contribution in [0.2, 0.25) is 0 Å². The Morgan fingerprint density at radius 2 is 1.63 bits per heavy atom. The number of rotatable bonds is 6. The molecule has 1 saturated carbocycles. The molecule has 4 rings (SSSR count). The zero-order valence-corrected chi connectivity index (χ0v) is 17.8. The number of fused-ring (bicyclic) bond motifs is 5. The van der Waals surface area contributed by atoms with Crippen LogP contribution in [0.25, 0.3) is 0 Å². The molecule has 0 aromatic heterocycles. The molecule has 0 N–H and O–H groups in total. The predicted octanol–water partition coefficient (Wildman–Crippen LogP) is 2.86. The molecule has 6 nitrogen and oxygen atoms in total. The van der Waals surface area contributed by atoms with Crippen LogP contribution in [0.4, 0.5) is 0 Å². The van der Waals surface area contributed by atoms with Crippen molar-refractivity contribution in [2.24, 2.45) is 29.6 Å². The zero-order chi connectivity index (χ0) is 21.7. The Kier molecular flexibility index (Phi) is 5.12. The highest BCUT2D eigenvalue weighted by Gasteiger charge is 2.61. The number of aryl methyl sites for hydroxylation is 2. The predicted molar refractivity (Wildman–Crippen MR) is 109 cm³/mol. The van der Waals surface area contributed by atoms with Gasteiger partial charge in [0.25, 0.3) is 0 Å². The molecule has 1 aromatic carbocycles. The molecule has 158 valence electrons. The van der Waals surface area contributed by atoms with Crippen LogP contribution in [0.15, 0.2) is 30.4 Å². The van der Waals surface area contributed by atoms with Crippen LogP contribution in [-0.4, -0.2) is 41.1 Å². The molecular weight excluding hydrogens is 382 g/mol. The SMILES string of the molecule is Cc1ccc(C(=O)COC(=O)[C@@H](C(C)C)N2C(=O)[C@@H]3[C@@H](C2=O)[C@H]2C=C[C@H]3C2)cc1C. The van der Waals surface area contributed by atoms with Gasteiger partial charge in [0.05, 0.1) is 11.8 Å². The minimum absolute atomic E-state index is 0.0802. The molecule has 2 amide bonds. The summed E-state index contributed by atoms with van der Waals surface area (Å²) in [4.78, 5) is 52.6. The Morgan fingerprint density at radius 1 is 1.03 bits per heavy atom. The van der Waals surface area contributed by atoms with Gasteiger partial charge < -0.3 is 4.74 Å². The number of carbonyl (C=O) groups is 4. The Labute approximate surface area is 176 Å². The molecular formula is C24H27NO5. The van der Waals surface area contributed by atoms with E-state index < -0.39 is 18.6 Å². The third-order valence-electron chi connectivity index (χ3n) is 6.83. The first-order valence-electron chi connectivity index (χ1n) is 10.5. The molecule has 0 spiro atoms. The van der Waals surface area contributed by atoms with Gasteiger partial charge in [-0.25, -0.2) is 4.79 Å². The first-order valence-corrected chi connectivity index (χ1v) is 10.5. The Bertz CT molecular complexity index is 932. The summed E-state index contributed by atoms with van der Waals surface area (Å²) in [5, 5.41) is 0. The van der Waals surface area contributed by atoms with Crippen molar-refractivity contribution in [2.75, 3.05) is 6.61 Å². The molecule has 2 bridgehead atoms. The highest BCUT2D eigenvalue weighted by Crippen LogP contribution is 2.53. The standard InChI is InChI=1S/C24H27NO5/c1-12(2)21(24(29)30-11-18(26)15-6-5-13(3)14(4)9-15)25-22(27)19-16-7-8-17(10-16)20(19)23(25)28/h5-9,12,16-17,19-21H,10-11H2,1-4H3/t16-,17-,19-,20-,21+/m0/s1. The molecule has 1 aromatic rings. The number of hydrogen-bond acceptors (Lipinski definition) is 5. The van der Waals surface area contributed by atoms with E-state index in [9.17, 15) is 19.2 Å². The van der Waals surface area contributed by atoms with Gasteiger partial charge in [-0.2, -0.15) is 0 Å². The first-order chi connectivity index (χ1) is 14.2. The molecule has 6 heteroatoms. The number of carbonyl (C=O) groups excluding carboxylic acids is 4. The van der Waals surface area contributed by atoms with Crippen LogP contribution in [0.1, 0.15) is 41.8 Å². The number of esters is 1. The van der Waals surface area contributed by atoms with Crippen LogP contribution < -0.4 is 0 Å². The van der Waals surface area contributed by atoms with Gasteiger partial charge in [-0.3, -0.25) is 19.3 Å². The molecule has 2 aliphatic carbocycles. The second-order valence-electron chi connectivity index (χ2n) is 9.07. The van der Waals surface area contributed by atoms with E-state index in [2.05, 4.69) is 0 Å². The largest absolute Gasteiger partial charge is 0.456 e. The lowest BCUT2D eigenvalue weighted by Crippen LogP contribution is -2.50. The third kappa shape index (κ3) is 3.18. The van der Waals surface area contributed by atoms with Gasteiger partial charge in [0, 0.05) is 5.56 Å². The van der Waals surface area contributed by atoms with Crippen LogP contribution in [-0.2, 0) is 19.1 Å². The van der Waals surface area contributed by atoms with Gasteiger partial charge in [0.2, 0.25) is 11.8 Å². The fourth-order valence-electron chi connectivity index (χ4n) is 5.10. The van der Waals surface area contributed by atoms with E-state index in [1.54, 1.807) is 26.0 Å². The number of ether oxygens (including phenoxy) is 1. The smallest absolute Gasteiger partial charge is 0.330 e. The van der Waals surface area contributed by atoms with Gasteiger partial charge in [-0.05, 0) is 55.2 Å². The summed E-state index contributed by atoms with van der Waals surface area (Å²) in [5.74, 6) is -2.45. The van der Waals surface area contributed by atoms with Crippen molar-refractivity contribution < 1.29 is 23.9 Å². The maximum atomic E-state index is 13.1. The zero-order valence-electron chi connectivity index (χ0n) is 17.8. The van der Waals surface area contributed by atoms with E-state index in [0.717, 1.165) is 22.4 Å². The van der Waals surface area contributed by atoms with E-state index >= 15 is 0 Å². The highest BCUT2D eigenvalue weighted by atomic mass is 16.5. The summed E-state index contributed by atoms with van der Waals surface area (Å²) in [6.07, 6.45) is 4.87. The van der Waals surface area contributed by atoms with Crippen LogP contribution in [0, 0.1) is 43.4 Å². The Balaban J connectivity index is 1.47. The topological polar surface area (TPSA) is 80.8 Å². The molecule has 30 heavy (non-hydrogen) atoms. The summed E-state index contributed by atoms with van der Waals surface area (Å²) >= 11 is 0. The summed E-state index contributed by atoms with van der Waals surface area (Å²) in [6, 6.07) is 4.31. The molecule has 3 aliphatic rings. The van der Waals surface area contributed by atoms with Crippen LogP contribution in [0.3, 0.4) is 0 Å². The second-order valence-corrected chi connectivity index (χ2v) is 9.07. The van der Waals surface area contributed by atoms with Gasteiger partial charge in [-0.1, -0.05) is 38.1 Å². The number of benzene rings is 1. The number of allylic oxidation sites excluding steroid dienone is 2. The summed E-state index contributed by atoms with van der Waals surface area (Å²) in [5.41, 5.74) is 2.52. The molecule has 2 fully saturated rings. The molecule has 0 radical (unpaired) electrons. The lowest BCUT2D eigenvalue weighted by Gasteiger charge is -2.28. The third-order valence-corrected chi connectivity index (χ3v) is 6.83. The first kappa shape index (κ1) is 20.5.